The SMILES string of the molecule is C=Cc1cc(C2CCC3C2(C)CCC2C(C)(CCC)C(CCNC(C)C)CCC23N)ccc1/C=C\C.CC. The van der Waals surface area contributed by atoms with E-state index in [1.54, 1.807) is 0 Å². The maximum atomic E-state index is 7.70. The Hall–Kier alpha value is -1.38. The third-order valence-corrected chi connectivity index (χ3v) is 11.2. The predicted octanol–water partition coefficient (Wildman–Crippen LogP) is 9.60. The molecule has 3 fully saturated rings. The molecule has 7 atom stereocenters. The summed E-state index contributed by atoms with van der Waals surface area (Å²) in [6, 6.07) is 7.70. The van der Waals surface area contributed by atoms with Gasteiger partial charge in [-0.3, -0.25) is 0 Å². The second-order valence-electron chi connectivity index (χ2n) is 13.4. The Morgan fingerprint density at radius 2 is 1.79 bits per heavy atom. The molecule has 2 nitrogen and oxygen atoms in total. The van der Waals surface area contributed by atoms with E-state index in [0.717, 1.165) is 12.5 Å². The minimum Gasteiger partial charge on any atom is -0.325 e. The monoisotopic (exact) mass is 520 g/mol. The van der Waals surface area contributed by atoms with Crippen molar-refractivity contribution >= 4 is 12.2 Å². The van der Waals surface area contributed by atoms with Gasteiger partial charge >= 0.3 is 0 Å². The van der Waals surface area contributed by atoms with Crippen LogP contribution in [0.1, 0.15) is 136 Å². The van der Waals surface area contributed by atoms with Gasteiger partial charge in [0.25, 0.3) is 0 Å². The molecule has 3 N–H and O–H groups in total. The highest BCUT2D eigenvalue weighted by Crippen LogP contribution is 2.69. The highest BCUT2D eigenvalue weighted by Gasteiger charge is 2.64. The summed E-state index contributed by atoms with van der Waals surface area (Å²) in [5, 5.41) is 3.70. The number of allylic oxidation sites excluding steroid dienone is 1. The fourth-order valence-electron chi connectivity index (χ4n) is 9.57. The first-order valence-electron chi connectivity index (χ1n) is 16.0. The summed E-state index contributed by atoms with van der Waals surface area (Å²) in [7, 11) is 0. The number of nitrogens with one attached hydrogen (secondary N) is 1. The van der Waals surface area contributed by atoms with E-state index >= 15 is 0 Å². The lowest BCUT2D eigenvalue weighted by molar-refractivity contribution is -0.112. The molecule has 1 aromatic rings. The Morgan fingerprint density at radius 1 is 1.05 bits per heavy atom. The number of rotatable bonds is 9. The van der Waals surface area contributed by atoms with E-state index in [1.807, 2.05) is 19.9 Å². The van der Waals surface area contributed by atoms with Crippen molar-refractivity contribution in [1.29, 1.82) is 0 Å². The number of benzene rings is 1. The highest BCUT2D eigenvalue weighted by atomic mass is 14.9. The Labute approximate surface area is 236 Å². The lowest BCUT2D eigenvalue weighted by Crippen LogP contribution is -2.67. The van der Waals surface area contributed by atoms with Gasteiger partial charge in [-0.25, -0.2) is 0 Å². The van der Waals surface area contributed by atoms with Gasteiger partial charge in [0.15, 0.2) is 0 Å². The van der Waals surface area contributed by atoms with Gasteiger partial charge in [-0.1, -0.05) is 97.9 Å². The van der Waals surface area contributed by atoms with Gasteiger partial charge < -0.3 is 11.1 Å². The van der Waals surface area contributed by atoms with Crippen molar-refractivity contribution in [2.75, 3.05) is 6.54 Å². The second kappa shape index (κ2) is 12.9. The lowest BCUT2D eigenvalue weighted by Gasteiger charge is -2.64. The largest absolute Gasteiger partial charge is 0.325 e. The zero-order chi connectivity index (χ0) is 28.1. The Balaban J connectivity index is 0.00000195. The van der Waals surface area contributed by atoms with Crippen LogP contribution in [0.2, 0.25) is 0 Å². The van der Waals surface area contributed by atoms with E-state index in [1.165, 1.54) is 74.5 Å². The lowest BCUT2D eigenvalue weighted by atomic mass is 9.43. The Bertz CT molecular complexity index is 947. The standard InChI is InChI=1S/C34H54N2.C2H6/c1-8-11-26-12-13-27(23-25(26)10-3)29-14-15-30-33(29,7)20-17-31-32(6,19-9-2)28(16-21-34(30,31)35)18-22-36-24(4)5;1-2/h8,10-13,23-24,28-31,36H,3,9,14-22,35H2,1-2,4-7H3;1-2H3/b11-8-;. The quantitative estimate of drug-likeness (QED) is 0.340. The molecule has 0 aliphatic heterocycles. The summed E-state index contributed by atoms with van der Waals surface area (Å²) in [6.07, 6.45) is 17.9. The van der Waals surface area contributed by atoms with Gasteiger partial charge in [-0.05, 0) is 116 Å². The molecule has 1 aromatic carbocycles. The molecule has 3 saturated carbocycles. The fourth-order valence-corrected chi connectivity index (χ4v) is 9.57. The first kappa shape index (κ1) is 31.2. The van der Waals surface area contributed by atoms with Crippen LogP contribution in [0.15, 0.2) is 30.9 Å². The van der Waals surface area contributed by atoms with E-state index in [9.17, 15) is 0 Å². The smallest absolute Gasteiger partial charge is 0.0222 e. The van der Waals surface area contributed by atoms with Crippen LogP contribution in [0.5, 0.6) is 0 Å². The van der Waals surface area contributed by atoms with E-state index in [0.29, 0.717) is 34.6 Å². The molecule has 7 unspecified atom stereocenters. The zero-order valence-electron chi connectivity index (χ0n) is 26.2. The average molecular weight is 521 g/mol. The van der Waals surface area contributed by atoms with Gasteiger partial charge in [0, 0.05) is 11.6 Å². The van der Waals surface area contributed by atoms with Crippen LogP contribution in [0.3, 0.4) is 0 Å². The second-order valence-corrected chi connectivity index (χ2v) is 13.4. The van der Waals surface area contributed by atoms with Crippen LogP contribution in [-0.2, 0) is 0 Å². The molecule has 0 radical (unpaired) electrons. The van der Waals surface area contributed by atoms with Gasteiger partial charge in [0.05, 0.1) is 0 Å². The van der Waals surface area contributed by atoms with Crippen LogP contribution in [0.4, 0.5) is 0 Å². The molecular weight excluding hydrogens is 460 g/mol. The molecule has 2 heteroatoms. The van der Waals surface area contributed by atoms with Gasteiger partial charge in [-0.15, -0.1) is 0 Å². The van der Waals surface area contributed by atoms with Crippen LogP contribution in [0, 0.1) is 28.6 Å². The molecular formula is C36H60N2. The number of hydrogen-bond donors (Lipinski definition) is 2. The zero-order valence-corrected chi connectivity index (χ0v) is 26.2. The first-order valence-corrected chi connectivity index (χ1v) is 16.0. The number of fused-ring (bicyclic) bond motifs is 3. The average Bonchev–Trinajstić information content (AvgIpc) is 3.25. The highest BCUT2D eigenvalue weighted by molar-refractivity contribution is 5.65. The van der Waals surface area contributed by atoms with Crippen molar-refractivity contribution in [2.24, 2.45) is 34.3 Å². The van der Waals surface area contributed by atoms with Crippen molar-refractivity contribution in [3.63, 3.8) is 0 Å². The molecule has 0 amide bonds. The van der Waals surface area contributed by atoms with E-state index in [4.69, 9.17) is 5.73 Å². The molecule has 0 spiro atoms. The van der Waals surface area contributed by atoms with Crippen LogP contribution in [0.25, 0.3) is 12.2 Å². The maximum Gasteiger partial charge on any atom is 0.0222 e. The number of hydrogen-bond acceptors (Lipinski definition) is 2. The van der Waals surface area contributed by atoms with Crippen molar-refractivity contribution in [3.05, 3.63) is 47.5 Å². The fraction of sp³-hybridized carbons (Fsp3) is 0.722. The van der Waals surface area contributed by atoms with Crippen LogP contribution in [-0.4, -0.2) is 18.1 Å². The Morgan fingerprint density at radius 3 is 2.42 bits per heavy atom. The summed E-state index contributed by atoms with van der Waals surface area (Å²) in [5.74, 6) is 2.68. The van der Waals surface area contributed by atoms with E-state index in [2.05, 4.69) is 83.8 Å². The summed E-state index contributed by atoms with van der Waals surface area (Å²) in [4.78, 5) is 0. The molecule has 38 heavy (non-hydrogen) atoms. The maximum absolute atomic E-state index is 7.70. The van der Waals surface area contributed by atoms with E-state index < -0.39 is 0 Å². The van der Waals surface area contributed by atoms with Crippen LogP contribution >= 0.6 is 0 Å². The molecule has 3 aliphatic carbocycles. The van der Waals surface area contributed by atoms with Crippen LogP contribution < -0.4 is 11.1 Å². The minimum absolute atomic E-state index is 0.0141. The van der Waals surface area contributed by atoms with Gasteiger partial charge in [-0.2, -0.15) is 0 Å². The molecule has 0 bridgehead atoms. The van der Waals surface area contributed by atoms with E-state index in [-0.39, 0.29) is 5.54 Å². The topological polar surface area (TPSA) is 38.0 Å². The third kappa shape index (κ3) is 5.60. The molecule has 0 aromatic heterocycles. The minimum atomic E-state index is -0.0141. The van der Waals surface area contributed by atoms with Gasteiger partial charge in [0.2, 0.25) is 0 Å². The predicted molar refractivity (Wildman–Crippen MR) is 169 cm³/mol. The van der Waals surface area contributed by atoms with Crippen molar-refractivity contribution in [1.82, 2.24) is 5.32 Å². The molecule has 0 heterocycles. The number of nitrogens with two attached hydrogens (primary N) is 1. The summed E-state index contributed by atoms with van der Waals surface area (Å²) < 4.78 is 0. The van der Waals surface area contributed by atoms with Crippen molar-refractivity contribution in [3.8, 4) is 0 Å². The molecule has 214 valence electrons. The van der Waals surface area contributed by atoms with Crippen molar-refractivity contribution in [2.45, 2.75) is 131 Å². The first-order chi connectivity index (χ1) is 18.1. The summed E-state index contributed by atoms with van der Waals surface area (Å²) in [6.45, 7) is 23.5. The van der Waals surface area contributed by atoms with Gasteiger partial charge in [0.1, 0.15) is 0 Å². The molecule has 0 saturated heterocycles. The van der Waals surface area contributed by atoms with Crippen molar-refractivity contribution < 1.29 is 0 Å². The molecule has 4 rings (SSSR count). The Kier molecular flexibility index (Phi) is 10.5. The summed E-state index contributed by atoms with van der Waals surface area (Å²) in [5.41, 5.74) is 12.4. The normalized spacial score (nSPS) is 36.5. The molecule has 3 aliphatic rings. The summed E-state index contributed by atoms with van der Waals surface area (Å²) >= 11 is 0. The third-order valence-electron chi connectivity index (χ3n) is 11.2.